The quantitative estimate of drug-likeness (QED) is 0.714. The van der Waals surface area contributed by atoms with Crippen LogP contribution in [0, 0.1) is 0 Å². The summed E-state index contributed by atoms with van der Waals surface area (Å²) in [4.78, 5) is 26.0. The van der Waals surface area contributed by atoms with E-state index in [1.807, 2.05) is 30.3 Å². The van der Waals surface area contributed by atoms with Crippen LogP contribution in [0.25, 0.3) is 5.69 Å². The normalized spacial score (nSPS) is 10.5. The fourth-order valence-electron chi connectivity index (χ4n) is 2.46. The minimum absolute atomic E-state index is 0.103. The summed E-state index contributed by atoms with van der Waals surface area (Å²) in [6.45, 7) is 0.103. The number of carbonyl (C=O) groups is 1. The molecule has 1 heterocycles. The van der Waals surface area contributed by atoms with Crippen LogP contribution in [-0.2, 0) is 6.54 Å². The number of methoxy groups -OCH3 is 1. The van der Waals surface area contributed by atoms with Crippen molar-refractivity contribution in [3.05, 3.63) is 76.3 Å². The summed E-state index contributed by atoms with van der Waals surface area (Å²) in [6, 6.07) is 16.0. The summed E-state index contributed by atoms with van der Waals surface area (Å²) in [7, 11) is 3.20. The number of carbonyl (C=O) groups excluding carboxylic acids is 1. The van der Waals surface area contributed by atoms with E-state index in [-0.39, 0.29) is 12.5 Å². The van der Waals surface area contributed by atoms with Gasteiger partial charge in [-0.15, -0.1) is 0 Å². The van der Waals surface area contributed by atoms with Gasteiger partial charge in [-0.25, -0.2) is 4.79 Å². The Balaban J connectivity index is 1.83. The number of nitrogens with zero attached hydrogens (tertiary/aromatic N) is 2. The van der Waals surface area contributed by atoms with Gasteiger partial charge in [0.15, 0.2) is 0 Å². The molecule has 1 N–H and O–H groups in total. The Morgan fingerprint density at radius 3 is 2.48 bits per heavy atom. The Morgan fingerprint density at radius 1 is 1.16 bits per heavy atom. The molecule has 3 aromatic rings. The number of hydrogen-bond donors (Lipinski definition) is 1. The Hall–Kier alpha value is -3.35. The molecule has 2 aromatic carbocycles. The molecule has 0 bridgehead atoms. The van der Waals surface area contributed by atoms with Gasteiger partial charge in [0.1, 0.15) is 12.3 Å². The predicted molar refractivity (Wildman–Crippen MR) is 89.7 cm³/mol. The van der Waals surface area contributed by atoms with Crippen LogP contribution in [0.1, 0.15) is 16.1 Å². The molecule has 0 aliphatic rings. The van der Waals surface area contributed by atoms with Gasteiger partial charge in [0.2, 0.25) is 5.69 Å². The number of H-pyrrole nitrogens is 1. The molecule has 0 radical (unpaired) electrons. The first kappa shape index (κ1) is 16.5. The third-order valence-corrected chi connectivity index (χ3v) is 3.82. The van der Waals surface area contributed by atoms with Gasteiger partial charge >= 0.3 is 11.3 Å². The van der Waals surface area contributed by atoms with E-state index in [0.29, 0.717) is 17.0 Å². The van der Waals surface area contributed by atoms with Gasteiger partial charge in [-0.3, -0.25) is 9.32 Å². The van der Waals surface area contributed by atoms with Crippen LogP contribution < -0.4 is 15.0 Å². The molecule has 0 fully saturated rings. The minimum atomic E-state index is -0.516. The highest BCUT2D eigenvalue weighted by molar-refractivity contribution is 5.94. The molecule has 128 valence electrons. The van der Waals surface area contributed by atoms with Crippen molar-refractivity contribution in [2.75, 3.05) is 14.2 Å². The van der Waals surface area contributed by atoms with Crippen molar-refractivity contribution < 1.29 is 18.7 Å². The molecule has 7 heteroatoms. The Bertz CT molecular complexity index is 913. The van der Waals surface area contributed by atoms with Gasteiger partial charge in [-0.05, 0) is 34.2 Å². The van der Waals surface area contributed by atoms with Gasteiger partial charge in [0, 0.05) is 24.7 Å². The Kier molecular flexibility index (Phi) is 4.65. The maximum absolute atomic E-state index is 12.6. The molecule has 0 aliphatic carbocycles. The summed E-state index contributed by atoms with van der Waals surface area (Å²) in [5, 5.41) is 2.56. The van der Waals surface area contributed by atoms with Crippen molar-refractivity contribution >= 4 is 5.91 Å². The first-order valence-corrected chi connectivity index (χ1v) is 7.67. The van der Waals surface area contributed by atoms with Crippen LogP contribution in [0.15, 0.2) is 63.9 Å². The number of amides is 1. The predicted octanol–water partition coefficient (Wildman–Crippen LogP) is 1.53. The van der Waals surface area contributed by atoms with E-state index >= 15 is 0 Å². The van der Waals surface area contributed by atoms with Crippen molar-refractivity contribution in [3.8, 4) is 11.4 Å². The first-order chi connectivity index (χ1) is 12.1. The van der Waals surface area contributed by atoms with Gasteiger partial charge in [-0.2, -0.15) is 0 Å². The average Bonchev–Trinajstić information content (AvgIpc) is 3.02. The second-order valence-electron chi connectivity index (χ2n) is 5.49. The van der Waals surface area contributed by atoms with Crippen molar-refractivity contribution in [1.82, 2.24) is 10.2 Å². The molecule has 1 aromatic heterocycles. The lowest BCUT2D eigenvalue weighted by molar-refractivity contribution is -0.678. The van der Waals surface area contributed by atoms with Crippen molar-refractivity contribution in [2.45, 2.75) is 6.54 Å². The SMILES string of the molecule is COc1ccc(C(=O)N(C)Cc2c(=O)o[nH][n+]2-c2ccccc2)cc1. The maximum Gasteiger partial charge on any atom is 0.432 e. The van der Waals surface area contributed by atoms with Crippen LogP contribution in [-0.4, -0.2) is 30.2 Å². The molecule has 0 atom stereocenters. The molecule has 0 unspecified atom stereocenters. The summed E-state index contributed by atoms with van der Waals surface area (Å²) in [5.41, 5.74) is 1.07. The number of aromatic nitrogens is 2. The molecule has 0 spiro atoms. The number of rotatable bonds is 5. The molecule has 1 amide bonds. The largest absolute Gasteiger partial charge is 0.497 e. The third-order valence-electron chi connectivity index (χ3n) is 3.82. The molecule has 0 aliphatic heterocycles. The standard InChI is InChI=1S/C18H17N3O4/c1-20(17(22)13-8-10-15(24-2)11-9-13)12-16-18(23)25-19-21(16)14-6-4-3-5-7-14/h3-11H,12H2,1-2H3/p+1. The van der Waals surface area contributed by atoms with E-state index in [9.17, 15) is 9.59 Å². The highest BCUT2D eigenvalue weighted by Gasteiger charge is 2.26. The van der Waals surface area contributed by atoms with Crippen LogP contribution >= 0.6 is 0 Å². The lowest BCUT2D eigenvalue weighted by Gasteiger charge is -2.14. The summed E-state index contributed by atoms with van der Waals surface area (Å²) in [6.07, 6.45) is 0. The zero-order valence-corrected chi connectivity index (χ0v) is 13.9. The smallest absolute Gasteiger partial charge is 0.432 e. The van der Waals surface area contributed by atoms with E-state index in [1.165, 1.54) is 9.58 Å². The first-order valence-electron chi connectivity index (χ1n) is 7.67. The van der Waals surface area contributed by atoms with Crippen LogP contribution in [0.2, 0.25) is 0 Å². The minimum Gasteiger partial charge on any atom is -0.497 e. The van der Waals surface area contributed by atoms with E-state index in [4.69, 9.17) is 9.26 Å². The van der Waals surface area contributed by atoms with E-state index < -0.39 is 5.63 Å². The zero-order valence-electron chi connectivity index (χ0n) is 13.9. The molecule has 7 nitrogen and oxygen atoms in total. The van der Waals surface area contributed by atoms with E-state index in [2.05, 4.69) is 5.27 Å². The number of benzene rings is 2. The molecule has 25 heavy (non-hydrogen) atoms. The third kappa shape index (κ3) is 3.45. The van der Waals surface area contributed by atoms with Gasteiger partial charge in [0.25, 0.3) is 5.91 Å². The van der Waals surface area contributed by atoms with Crippen LogP contribution in [0.3, 0.4) is 0 Å². The second-order valence-corrected chi connectivity index (χ2v) is 5.49. The summed E-state index contributed by atoms with van der Waals surface area (Å²) >= 11 is 0. The highest BCUT2D eigenvalue weighted by atomic mass is 16.5. The van der Waals surface area contributed by atoms with Crippen LogP contribution in [0.4, 0.5) is 0 Å². The number of ether oxygens (including phenoxy) is 1. The molecule has 0 saturated heterocycles. The lowest BCUT2D eigenvalue weighted by Crippen LogP contribution is -2.42. The Labute approximate surface area is 144 Å². The van der Waals surface area contributed by atoms with Crippen molar-refractivity contribution in [2.24, 2.45) is 0 Å². The van der Waals surface area contributed by atoms with E-state index in [1.54, 1.807) is 38.4 Å². The monoisotopic (exact) mass is 340 g/mol. The second kappa shape index (κ2) is 7.04. The number of para-hydroxylation sites is 1. The molecular weight excluding hydrogens is 322 g/mol. The highest BCUT2D eigenvalue weighted by Crippen LogP contribution is 2.13. The van der Waals surface area contributed by atoms with E-state index in [0.717, 1.165) is 5.69 Å². The molecule has 3 rings (SSSR count). The molecule has 0 saturated carbocycles. The fourth-order valence-corrected chi connectivity index (χ4v) is 2.46. The number of hydrogen-bond acceptors (Lipinski definition) is 4. The topological polar surface area (TPSA) is 79.4 Å². The number of nitrogens with one attached hydrogen (secondary N) is 1. The van der Waals surface area contributed by atoms with Gasteiger partial charge in [0.05, 0.1) is 7.11 Å². The maximum atomic E-state index is 12.6. The van der Waals surface area contributed by atoms with Gasteiger partial charge < -0.3 is 9.64 Å². The van der Waals surface area contributed by atoms with Crippen LogP contribution in [0.5, 0.6) is 5.75 Å². The van der Waals surface area contributed by atoms with Crippen molar-refractivity contribution in [1.29, 1.82) is 0 Å². The fraction of sp³-hybridized carbons (Fsp3) is 0.167. The summed E-state index contributed by atoms with van der Waals surface area (Å²) < 4.78 is 11.5. The summed E-state index contributed by atoms with van der Waals surface area (Å²) in [5.74, 6) is 0.468. The van der Waals surface area contributed by atoms with Crippen molar-refractivity contribution in [3.63, 3.8) is 0 Å². The lowest BCUT2D eigenvalue weighted by atomic mass is 10.2. The zero-order chi connectivity index (χ0) is 17.8. The average molecular weight is 340 g/mol. The Morgan fingerprint density at radius 2 is 1.84 bits per heavy atom. The van der Waals surface area contributed by atoms with Gasteiger partial charge in [-0.1, -0.05) is 18.2 Å². The number of aromatic amines is 1. The molecular formula is C18H18N3O4+.